The van der Waals surface area contributed by atoms with Crippen LogP contribution in [-0.4, -0.2) is 58.5 Å². The Morgan fingerprint density at radius 3 is 2.14 bits per heavy atom. The molecular formula is C22H26N2O4. The van der Waals surface area contributed by atoms with Crippen molar-refractivity contribution in [2.24, 2.45) is 0 Å². The SMILES string of the molecule is COc1ccc(-c2cnc3c(OC)ccc(OC)c3c2OCCN(C)C)cc1. The molecule has 0 radical (unpaired) electrons. The van der Waals surface area contributed by atoms with Crippen molar-refractivity contribution in [3.8, 4) is 34.1 Å². The summed E-state index contributed by atoms with van der Waals surface area (Å²) in [6.07, 6.45) is 1.82. The zero-order valence-electron chi connectivity index (χ0n) is 17.0. The molecule has 0 fully saturated rings. The van der Waals surface area contributed by atoms with Crippen LogP contribution in [0.1, 0.15) is 0 Å². The van der Waals surface area contributed by atoms with Crippen LogP contribution in [-0.2, 0) is 0 Å². The van der Waals surface area contributed by atoms with E-state index in [9.17, 15) is 0 Å². The number of ether oxygens (including phenoxy) is 4. The van der Waals surface area contributed by atoms with Gasteiger partial charge >= 0.3 is 0 Å². The molecule has 0 bridgehead atoms. The quantitative estimate of drug-likeness (QED) is 0.590. The molecule has 6 nitrogen and oxygen atoms in total. The minimum absolute atomic E-state index is 0.537. The Bertz CT molecular complexity index is 939. The molecule has 6 heteroatoms. The number of hydrogen-bond donors (Lipinski definition) is 0. The number of methoxy groups -OCH3 is 3. The van der Waals surface area contributed by atoms with E-state index in [-0.39, 0.29) is 0 Å². The molecule has 0 atom stereocenters. The van der Waals surface area contributed by atoms with Crippen LogP contribution in [0.25, 0.3) is 22.0 Å². The molecule has 0 aliphatic rings. The van der Waals surface area contributed by atoms with Gasteiger partial charge in [-0.25, -0.2) is 0 Å². The molecule has 0 aliphatic carbocycles. The Hall–Kier alpha value is -2.99. The highest BCUT2D eigenvalue weighted by Crippen LogP contribution is 2.43. The summed E-state index contributed by atoms with van der Waals surface area (Å²) in [6.45, 7) is 1.33. The highest BCUT2D eigenvalue weighted by Gasteiger charge is 2.19. The van der Waals surface area contributed by atoms with E-state index in [4.69, 9.17) is 18.9 Å². The molecule has 0 saturated carbocycles. The van der Waals surface area contributed by atoms with Crippen molar-refractivity contribution in [2.45, 2.75) is 0 Å². The number of benzene rings is 2. The van der Waals surface area contributed by atoms with E-state index < -0.39 is 0 Å². The average Bonchev–Trinajstić information content (AvgIpc) is 2.72. The molecule has 148 valence electrons. The molecule has 2 aromatic carbocycles. The Balaban J connectivity index is 2.21. The maximum absolute atomic E-state index is 6.27. The molecule has 0 unspecified atom stereocenters. The summed E-state index contributed by atoms with van der Waals surface area (Å²) >= 11 is 0. The standard InChI is InChI=1S/C22H26N2O4/c1-24(2)12-13-28-22-17(15-6-8-16(25-3)9-7-15)14-23-21-19(27-5)11-10-18(26-4)20(21)22/h6-11,14H,12-13H2,1-5H3. The second-order valence-corrected chi connectivity index (χ2v) is 6.57. The van der Waals surface area contributed by atoms with Crippen LogP contribution in [0.15, 0.2) is 42.6 Å². The first-order chi connectivity index (χ1) is 13.6. The van der Waals surface area contributed by atoms with Gasteiger partial charge in [-0.1, -0.05) is 12.1 Å². The first-order valence-corrected chi connectivity index (χ1v) is 9.04. The number of hydrogen-bond acceptors (Lipinski definition) is 6. The second kappa shape index (κ2) is 8.80. The zero-order chi connectivity index (χ0) is 20.1. The summed E-state index contributed by atoms with van der Waals surface area (Å²) in [7, 11) is 8.96. The molecule has 0 saturated heterocycles. The first kappa shape index (κ1) is 19.8. The molecule has 1 heterocycles. The first-order valence-electron chi connectivity index (χ1n) is 9.04. The molecular weight excluding hydrogens is 356 g/mol. The number of fused-ring (bicyclic) bond motifs is 1. The predicted molar refractivity (Wildman–Crippen MR) is 111 cm³/mol. The van der Waals surface area contributed by atoms with Crippen LogP contribution in [0.3, 0.4) is 0 Å². The van der Waals surface area contributed by atoms with E-state index in [1.807, 2.05) is 56.7 Å². The Kier molecular flexibility index (Phi) is 6.21. The van der Waals surface area contributed by atoms with Crippen molar-refractivity contribution < 1.29 is 18.9 Å². The molecule has 0 spiro atoms. The smallest absolute Gasteiger partial charge is 0.145 e. The Labute approximate surface area is 165 Å². The summed E-state index contributed by atoms with van der Waals surface area (Å²) in [6, 6.07) is 11.6. The lowest BCUT2D eigenvalue weighted by atomic mass is 10.0. The van der Waals surface area contributed by atoms with Gasteiger partial charge in [0, 0.05) is 18.3 Å². The molecule has 28 heavy (non-hydrogen) atoms. The average molecular weight is 382 g/mol. The third-order valence-corrected chi connectivity index (χ3v) is 4.52. The fourth-order valence-electron chi connectivity index (χ4n) is 3.01. The van der Waals surface area contributed by atoms with Gasteiger partial charge in [0.15, 0.2) is 0 Å². The summed E-state index contributed by atoms with van der Waals surface area (Å²) in [4.78, 5) is 6.73. The van der Waals surface area contributed by atoms with Crippen molar-refractivity contribution in [2.75, 3.05) is 48.6 Å². The number of likely N-dealkylation sites (N-methyl/N-ethyl adjacent to an activating group) is 1. The highest BCUT2D eigenvalue weighted by molar-refractivity contribution is 5.99. The summed E-state index contributed by atoms with van der Waals surface area (Å²) in [5.41, 5.74) is 2.58. The number of aromatic nitrogens is 1. The minimum atomic E-state index is 0.537. The van der Waals surface area contributed by atoms with Crippen LogP contribution in [0.4, 0.5) is 0 Å². The van der Waals surface area contributed by atoms with E-state index in [0.29, 0.717) is 23.6 Å². The minimum Gasteiger partial charge on any atom is -0.497 e. The molecule has 0 N–H and O–H groups in total. The van der Waals surface area contributed by atoms with Crippen LogP contribution in [0.2, 0.25) is 0 Å². The lowest BCUT2D eigenvalue weighted by molar-refractivity contribution is 0.264. The molecule has 1 aromatic heterocycles. The van der Waals surface area contributed by atoms with E-state index in [2.05, 4.69) is 9.88 Å². The van der Waals surface area contributed by atoms with Gasteiger partial charge in [-0.05, 0) is 43.9 Å². The van der Waals surface area contributed by atoms with Crippen LogP contribution >= 0.6 is 0 Å². The summed E-state index contributed by atoms with van der Waals surface area (Å²) in [5, 5.41) is 0.800. The topological polar surface area (TPSA) is 53.1 Å². The van der Waals surface area contributed by atoms with Crippen LogP contribution in [0, 0.1) is 0 Å². The lowest BCUT2D eigenvalue weighted by Crippen LogP contribution is -2.19. The lowest BCUT2D eigenvalue weighted by Gasteiger charge is -2.18. The largest absolute Gasteiger partial charge is 0.497 e. The van der Waals surface area contributed by atoms with Gasteiger partial charge in [0.25, 0.3) is 0 Å². The van der Waals surface area contributed by atoms with E-state index in [1.54, 1.807) is 21.3 Å². The number of pyridine rings is 1. The van der Waals surface area contributed by atoms with Gasteiger partial charge in [0.1, 0.15) is 35.1 Å². The summed E-state index contributed by atoms with van der Waals surface area (Å²) in [5.74, 6) is 2.90. The van der Waals surface area contributed by atoms with Gasteiger partial charge in [-0.3, -0.25) is 4.98 Å². The number of rotatable bonds is 8. The third-order valence-electron chi connectivity index (χ3n) is 4.52. The van der Waals surface area contributed by atoms with Crippen molar-refractivity contribution in [3.05, 3.63) is 42.6 Å². The van der Waals surface area contributed by atoms with Gasteiger partial charge in [-0.15, -0.1) is 0 Å². The van der Waals surface area contributed by atoms with E-state index in [0.717, 1.165) is 34.6 Å². The number of nitrogens with zero attached hydrogens (tertiary/aromatic N) is 2. The van der Waals surface area contributed by atoms with Gasteiger partial charge in [0.05, 0.1) is 26.7 Å². The zero-order valence-corrected chi connectivity index (χ0v) is 17.0. The highest BCUT2D eigenvalue weighted by atomic mass is 16.5. The molecule has 0 aliphatic heterocycles. The van der Waals surface area contributed by atoms with Gasteiger partial charge < -0.3 is 23.8 Å². The van der Waals surface area contributed by atoms with Crippen molar-refractivity contribution >= 4 is 10.9 Å². The maximum atomic E-state index is 6.27. The van der Waals surface area contributed by atoms with E-state index >= 15 is 0 Å². The monoisotopic (exact) mass is 382 g/mol. The maximum Gasteiger partial charge on any atom is 0.145 e. The molecule has 3 aromatic rings. The molecule has 3 rings (SSSR count). The van der Waals surface area contributed by atoms with Gasteiger partial charge in [-0.2, -0.15) is 0 Å². The Morgan fingerprint density at radius 2 is 1.54 bits per heavy atom. The fraction of sp³-hybridized carbons (Fsp3) is 0.318. The van der Waals surface area contributed by atoms with Crippen LogP contribution in [0.5, 0.6) is 23.0 Å². The van der Waals surface area contributed by atoms with Crippen molar-refractivity contribution in [1.82, 2.24) is 9.88 Å². The van der Waals surface area contributed by atoms with Gasteiger partial charge in [0.2, 0.25) is 0 Å². The molecule has 0 amide bonds. The summed E-state index contributed by atoms with van der Waals surface area (Å²) < 4.78 is 22.7. The normalized spacial score (nSPS) is 10.9. The van der Waals surface area contributed by atoms with E-state index in [1.165, 1.54) is 0 Å². The Morgan fingerprint density at radius 1 is 0.857 bits per heavy atom. The van der Waals surface area contributed by atoms with Crippen molar-refractivity contribution in [3.63, 3.8) is 0 Å². The predicted octanol–water partition coefficient (Wildman–Crippen LogP) is 3.87. The third kappa shape index (κ3) is 3.97. The van der Waals surface area contributed by atoms with Crippen LogP contribution < -0.4 is 18.9 Å². The second-order valence-electron chi connectivity index (χ2n) is 6.57. The van der Waals surface area contributed by atoms with Crippen molar-refractivity contribution in [1.29, 1.82) is 0 Å². The fourth-order valence-corrected chi connectivity index (χ4v) is 3.01.